The molecular weight excluding hydrogens is 613 g/mol. The standard InChI is InChI=1S/C32H48N5O8P/c1-4-21(2)29-28(38)20-36-16-10-9-15-27(36)32(41)33-24(13-6-5-11-17-46(42,43)44)30(39)34-25(31(40)35-29)18-22-19-37(45-3)26-14-8-7-12-23(22)26/h7-8,12,14,19,21,24-25,27,29H,4-6,9-11,13,15-18,20H2,1-3H3,(H,33,41)(H,34,39)(H,35,40)(H2,42,43,44)/t21-,24-,25-,27+,29-/m0/s1. The van der Waals surface area contributed by atoms with Crippen molar-refractivity contribution in [3.8, 4) is 0 Å². The van der Waals surface area contributed by atoms with Crippen molar-refractivity contribution >= 4 is 42.0 Å². The Bertz CT molecular complexity index is 1440. The zero-order valence-corrected chi connectivity index (χ0v) is 27.8. The molecule has 2 aromatic rings. The van der Waals surface area contributed by atoms with Crippen molar-refractivity contribution in [1.82, 2.24) is 25.6 Å². The second kappa shape index (κ2) is 16.0. The first kappa shape index (κ1) is 35.6. The number of ketones is 1. The lowest BCUT2D eigenvalue weighted by Gasteiger charge is -2.36. The summed E-state index contributed by atoms with van der Waals surface area (Å²) >= 11 is 0. The number of rotatable bonds is 11. The van der Waals surface area contributed by atoms with Crippen LogP contribution in [0.1, 0.15) is 70.8 Å². The van der Waals surface area contributed by atoms with E-state index in [1.165, 1.54) is 7.11 Å². The van der Waals surface area contributed by atoms with Gasteiger partial charge in [-0.3, -0.25) is 28.6 Å². The number of Topliss-reactive ketones (excluding diaryl/α,β-unsaturated/α-hetero) is 1. The highest BCUT2D eigenvalue weighted by atomic mass is 31.2. The van der Waals surface area contributed by atoms with E-state index in [1.54, 1.807) is 10.9 Å². The predicted molar refractivity (Wildman–Crippen MR) is 173 cm³/mol. The second-order valence-corrected chi connectivity index (χ2v) is 14.3. The Morgan fingerprint density at radius 1 is 0.978 bits per heavy atom. The maximum Gasteiger partial charge on any atom is 0.325 e. The number of nitrogens with zero attached hydrogens (tertiary/aromatic N) is 2. The van der Waals surface area contributed by atoms with E-state index in [2.05, 4.69) is 16.0 Å². The van der Waals surface area contributed by atoms with Crippen LogP contribution in [0.4, 0.5) is 0 Å². The van der Waals surface area contributed by atoms with Crippen LogP contribution in [0, 0.1) is 5.92 Å². The van der Waals surface area contributed by atoms with Crippen LogP contribution < -0.4 is 20.8 Å². The fourth-order valence-electron chi connectivity index (χ4n) is 6.42. The van der Waals surface area contributed by atoms with Crippen LogP contribution in [-0.2, 0) is 30.2 Å². The van der Waals surface area contributed by atoms with Gasteiger partial charge in [0.15, 0.2) is 5.78 Å². The monoisotopic (exact) mass is 661 g/mol. The minimum Gasteiger partial charge on any atom is -0.417 e. The van der Waals surface area contributed by atoms with Crippen LogP contribution in [-0.4, -0.2) is 93.5 Å². The zero-order chi connectivity index (χ0) is 33.4. The highest BCUT2D eigenvalue weighted by molar-refractivity contribution is 7.51. The lowest BCUT2D eigenvalue weighted by molar-refractivity contribution is -0.134. The molecule has 0 spiro atoms. The fraction of sp³-hybridized carbons (Fsp3) is 0.625. The molecule has 0 saturated carbocycles. The molecule has 4 rings (SSSR count). The fourth-order valence-corrected chi connectivity index (χ4v) is 7.05. The van der Waals surface area contributed by atoms with Crippen LogP contribution in [0.2, 0.25) is 0 Å². The van der Waals surface area contributed by atoms with E-state index in [1.807, 2.05) is 43.0 Å². The molecule has 0 aliphatic carbocycles. The number of nitrogens with one attached hydrogen (secondary N) is 3. The number of unbranched alkanes of at least 4 members (excludes halogenated alkanes) is 2. The normalized spacial score (nSPS) is 24.5. The molecule has 3 amide bonds. The first-order valence-corrected chi connectivity index (χ1v) is 18.1. The molecule has 2 fully saturated rings. The first-order chi connectivity index (χ1) is 21.9. The summed E-state index contributed by atoms with van der Waals surface area (Å²) in [5.74, 6) is -1.73. The molecule has 1 aromatic heterocycles. The van der Waals surface area contributed by atoms with Gasteiger partial charge in [0.1, 0.15) is 19.2 Å². The zero-order valence-electron chi connectivity index (χ0n) is 26.9. The molecule has 14 heteroatoms. The summed E-state index contributed by atoms with van der Waals surface area (Å²) in [6.07, 6.45) is 5.82. The maximum absolute atomic E-state index is 14.0. The highest BCUT2D eigenvalue weighted by Gasteiger charge is 2.37. The van der Waals surface area contributed by atoms with Gasteiger partial charge < -0.3 is 30.6 Å². The minimum absolute atomic E-state index is 0.00772. The number of piperidine rings is 1. The topological polar surface area (TPSA) is 179 Å². The summed E-state index contributed by atoms with van der Waals surface area (Å²) in [5.41, 5.74) is 1.55. The average Bonchev–Trinajstić information content (AvgIpc) is 3.38. The summed E-state index contributed by atoms with van der Waals surface area (Å²) in [7, 11) is -2.60. The quantitative estimate of drug-likeness (QED) is 0.178. The van der Waals surface area contributed by atoms with Gasteiger partial charge in [-0.1, -0.05) is 57.7 Å². The Balaban J connectivity index is 1.67. The van der Waals surface area contributed by atoms with E-state index >= 15 is 0 Å². The van der Waals surface area contributed by atoms with Crippen molar-refractivity contribution in [2.24, 2.45) is 5.92 Å². The van der Waals surface area contributed by atoms with Gasteiger partial charge in [0.2, 0.25) is 17.7 Å². The van der Waals surface area contributed by atoms with Gasteiger partial charge in [-0.25, -0.2) is 0 Å². The van der Waals surface area contributed by atoms with Gasteiger partial charge in [-0.05, 0) is 49.8 Å². The maximum atomic E-state index is 14.0. The first-order valence-electron chi connectivity index (χ1n) is 16.3. The molecule has 2 saturated heterocycles. The van der Waals surface area contributed by atoms with Gasteiger partial charge in [-0.2, -0.15) is 4.73 Å². The number of hydrogen-bond acceptors (Lipinski definition) is 7. The number of benzene rings is 1. The highest BCUT2D eigenvalue weighted by Crippen LogP contribution is 2.35. The predicted octanol–water partition coefficient (Wildman–Crippen LogP) is 1.92. The largest absolute Gasteiger partial charge is 0.417 e. The summed E-state index contributed by atoms with van der Waals surface area (Å²) < 4.78 is 12.9. The molecule has 2 aliphatic heterocycles. The summed E-state index contributed by atoms with van der Waals surface area (Å²) in [5, 5.41) is 9.59. The van der Waals surface area contributed by atoms with Crippen molar-refractivity contribution in [1.29, 1.82) is 0 Å². The van der Waals surface area contributed by atoms with Crippen molar-refractivity contribution in [3.05, 3.63) is 36.0 Å². The second-order valence-electron chi connectivity index (χ2n) is 12.6. The lowest BCUT2D eigenvalue weighted by atomic mass is 9.93. The number of para-hydroxylation sites is 1. The van der Waals surface area contributed by atoms with Crippen molar-refractivity contribution < 1.29 is 38.4 Å². The Labute approximate surface area is 269 Å². The van der Waals surface area contributed by atoms with Crippen LogP contribution in [0.15, 0.2) is 30.5 Å². The van der Waals surface area contributed by atoms with E-state index in [0.29, 0.717) is 32.2 Å². The average molecular weight is 662 g/mol. The van der Waals surface area contributed by atoms with Gasteiger partial charge >= 0.3 is 7.60 Å². The number of fused-ring (bicyclic) bond motifs is 2. The van der Waals surface area contributed by atoms with Gasteiger partial charge in [0.05, 0.1) is 24.1 Å². The Morgan fingerprint density at radius 2 is 1.70 bits per heavy atom. The van der Waals surface area contributed by atoms with E-state index in [0.717, 1.165) is 29.3 Å². The third-order valence-electron chi connectivity index (χ3n) is 9.22. The van der Waals surface area contributed by atoms with E-state index < -0.39 is 43.6 Å². The van der Waals surface area contributed by atoms with Gasteiger partial charge in [0.25, 0.3) is 0 Å². The molecule has 1 aromatic carbocycles. The van der Waals surface area contributed by atoms with Crippen molar-refractivity contribution in [3.63, 3.8) is 0 Å². The van der Waals surface area contributed by atoms with Crippen LogP contribution in [0.5, 0.6) is 0 Å². The molecule has 0 bridgehead atoms. The van der Waals surface area contributed by atoms with Gasteiger partial charge in [0, 0.05) is 24.2 Å². The Kier molecular flexibility index (Phi) is 12.4. The summed E-state index contributed by atoms with van der Waals surface area (Å²) in [4.78, 5) is 81.1. The molecule has 2 aliphatic rings. The number of carbonyl (C=O) groups excluding carboxylic acids is 4. The van der Waals surface area contributed by atoms with Crippen LogP contribution in [0.25, 0.3) is 10.9 Å². The van der Waals surface area contributed by atoms with Crippen molar-refractivity contribution in [2.75, 3.05) is 26.4 Å². The molecule has 0 radical (unpaired) electrons. The third kappa shape index (κ3) is 9.18. The molecule has 13 nitrogen and oxygen atoms in total. The third-order valence-corrected chi connectivity index (χ3v) is 10.1. The van der Waals surface area contributed by atoms with E-state index in [9.17, 15) is 33.5 Å². The van der Waals surface area contributed by atoms with Crippen LogP contribution in [0.3, 0.4) is 0 Å². The molecule has 3 heterocycles. The summed E-state index contributed by atoms with van der Waals surface area (Å²) in [6.45, 7) is 4.42. The SMILES string of the molecule is CC[C@H](C)[C@@H]1NC(=O)[C@H](Cc2cn(OC)c3ccccc23)NC(=O)[C@H](CCCCCP(=O)(O)O)NC(=O)[C@H]2CCCCN2CC1=O. The van der Waals surface area contributed by atoms with Crippen LogP contribution >= 0.6 is 7.60 Å². The Hall–Kier alpha value is -3.25. The van der Waals surface area contributed by atoms with E-state index in [-0.39, 0.29) is 49.6 Å². The lowest BCUT2D eigenvalue weighted by Crippen LogP contribution is -2.57. The van der Waals surface area contributed by atoms with Crippen molar-refractivity contribution in [2.45, 2.75) is 95.8 Å². The number of amides is 3. The van der Waals surface area contributed by atoms with Gasteiger partial charge in [-0.15, -0.1) is 0 Å². The Morgan fingerprint density at radius 3 is 2.41 bits per heavy atom. The number of hydrogen-bond donors (Lipinski definition) is 5. The molecule has 0 unspecified atom stereocenters. The molecule has 254 valence electrons. The molecular formula is C32H48N5O8P. The molecule has 5 N–H and O–H groups in total. The number of aromatic nitrogens is 1. The minimum atomic E-state index is -4.14. The summed E-state index contributed by atoms with van der Waals surface area (Å²) in [6, 6.07) is 4.10. The smallest absolute Gasteiger partial charge is 0.325 e. The molecule has 5 atom stereocenters. The number of carbonyl (C=O) groups is 4. The molecule has 46 heavy (non-hydrogen) atoms. The van der Waals surface area contributed by atoms with E-state index in [4.69, 9.17) is 4.84 Å².